The van der Waals surface area contributed by atoms with Crippen molar-refractivity contribution in [2.75, 3.05) is 26.2 Å². The molecule has 2 rings (SSSR count). The van der Waals surface area contributed by atoms with E-state index < -0.39 is 35.4 Å². The third-order valence-corrected chi connectivity index (χ3v) is 3.15. The molecule has 0 unspecified atom stereocenters. The molecule has 0 aromatic heterocycles. The third kappa shape index (κ3) is 3.87. The molecule has 0 aromatic rings. The van der Waals surface area contributed by atoms with Gasteiger partial charge in [0.05, 0.1) is 0 Å². The van der Waals surface area contributed by atoms with Crippen molar-refractivity contribution in [1.29, 1.82) is 0 Å². The van der Waals surface area contributed by atoms with E-state index in [1.807, 2.05) is 0 Å². The highest BCUT2D eigenvalue weighted by Gasteiger charge is 2.29. The monoisotopic (exact) mass is 310 g/mol. The van der Waals surface area contributed by atoms with Gasteiger partial charge in [0, 0.05) is 12.8 Å². The van der Waals surface area contributed by atoms with Crippen molar-refractivity contribution in [3.63, 3.8) is 0 Å². The Balaban J connectivity index is 1.84. The van der Waals surface area contributed by atoms with Gasteiger partial charge in [0.2, 0.25) is 35.4 Å². The summed E-state index contributed by atoms with van der Waals surface area (Å²) in [6.07, 6.45) is -0.405. The molecule has 0 aromatic carbocycles. The van der Waals surface area contributed by atoms with E-state index in [-0.39, 0.29) is 39.0 Å². The van der Waals surface area contributed by atoms with Crippen LogP contribution in [-0.4, -0.2) is 71.4 Å². The van der Waals surface area contributed by atoms with Gasteiger partial charge in [0.15, 0.2) is 0 Å². The molecule has 0 bridgehead atoms. The van der Waals surface area contributed by atoms with E-state index in [9.17, 15) is 28.8 Å². The lowest BCUT2D eigenvalue weighted by molar-refractivity contribution is -0.148. The summed E-state index contributed by atoms with van der Waals surface area (Å²) < 4.78 is 0. The molecule has 0 saturated carbocycles. The molecule has 118 valence electrons. The van der Waals surface area contributed by atoms with Crippen LogP contribution in [0, 0.1) is 0 Å². The summed E-state index contributed by atoms with van der Waals surface area (Å²) in [5, 5.41) is 4.12. The van der Waals surface area contributed by atoms with E-state index >= 15 is 0 Å². The minimum atomic E-state index is -0.575. The van der Waals surface area contributed by atoms with Crippen LogP contribution in [0.3, 0.4) is 0 Å². The second kappa shape index (κ2) is 6.33. The molecule has 0 atom stereocenters. The lowest BCUT2D eigenvalue weighted by Gasteiger charge is -2.27. The first-order valence-corrected chi connectivity index (χ1v) is 6.56. The standard InChI is InChI=1S/C12H14N4O6/c17-7-3-15(4-8(18)13-7)11(21)1-2-12(22)16-5-9(19)14-10(20)6-16/h1-6H2,(H,13,17,18)(H,14,19,20). The number of rotatable bonds is 3. The van der Waals surface area contributed by atoms with Crippen LogP contribution in [0.5, 0.6) is 0 Å². The topological polar surface area (TPSA) is 133 Å². The molecule has 0 spiro atoms. The van der Waals surface area contributed by atoms with Crippen molar-refractivity contribution in [1.82, 2.24) is 20.4 Å². The van der Waals surface area contributed by atoms with E-state index in [2.05, 4.69) is 10.6 Å². The maximum atomic E-state index is 11.9. The highest BCUT2D eigenvalue weighted by molar-refractivity contribution is 6.04. The first kappa shape index (κ1) is 15.6. The SMILES string of the molecule is O=C1CN(C(=O)CCC(=O)N2CC(=O)NC(=O)C2)CC(=O)N1. The van der Waals surface area contributed by atoms with Crippen LogP contribution < -0.4 is 10.6 Å². The van der Waals surface area contributed by atoms with Crippen molar-refractivity contribution in [3.8, 4) is 0 Å². The Morgan fingerprint density at radius 3 is 1.23 bits per heavy atom. The first-order valence-electron chi connectivity index (χ1n) is 6.56. The Kier molecular flexibility index (Phi) is 4.49. The van der Waals surface area contributed by atoms with Gasteiger partial charge in [-0.3, -0.25) is 39.4 Å². The van der Waals surface area contributed by atoms with E-state index in [4.69, 9.17) is 0 Å². The fourth-order valence-electron chi connectivity index (χ4n) is 2.16. The number of hydrogen-bond acceptors (Lipinski definition) is 6. The Morgan fingerprint density at radius 2 is 0.955 bits per heavy atom. The maximum absolute atomic E-state index is 11.9. The molecule has 2 aliphatic heterocycles. The quantitative estimate of drug-likeness (QED) is 0.526. The zero-order valence-corrected chi connectivity index (χ0v) is 11.6. The van der Waals surface area contributed by atoms with E-state index in [0.717, 1.165) is 9.80 Å². The van der Waals surface area contributed by atoms with Crippen LogP contribution in [-0.2, 0) is 28.8 Å². The molecular weight excluding hydrogens is 296 g/mol. The summed E-state index contributed by atoms with van der Waals surface area (Å²) in [4.78, 5) is 70.5. The second-order valence-corrected chi connectivity index (χ2v) is 4.94. The summed E-state index contributed by atoms with van der Waals surface area (Å²) >= 11 is 0. The minimum absolute atomic E-state index is 0.203. The average molecular weight is 310 g/mol. The van der Waals surface area contributed by atoms with Gasteiger partial charge in [-0.2, -0.15) is 0 Å². The lowest BCUT2D eigenvalue weighted by atomic mass is 10.2. The molecule has 2 heterocycles. The fourth-order valence-corrected chi connectivity index (χ4v) is 2.16. The molecule has 0 aliphatic carbocycles. The van der Waals surface area contributed by atoms with Crippen LogP contribution in [0.2, 0.25) is 0 Å². The van der Waals surface area contributed by atoms with Crippen molar-refractivity contribution >= 4 is 35.4 Å². The van der Waals surface area contributed by atoms with Gasteiger partial charge < -0.3 is 9.80 Å². The maximum Gasteiger partial charge on any atom is 0.246 e. The van der Waals surface area contributed by atoms with Gasteiger partial charge in [0.1, 0.15) is 26.2 Å². The van der Waals surface area contributed by atoms with Gasteiger partial charge >= 0.3 is 0 Å². The zero-order valence-electron chi connectivity index (χ0n) is 11.6. The molecule has 10 nitrogen and oxygen atoms in total. The number of carbonyl (C=O) groups is 6. The molecule has 2 saturated heterocycles. The molecule has 10 heteroatoms. The van der Waals surface area contributed by atoms with Crippen LogP contribution in [0.25, 0.3) is 0 Å². The molecule has 2 fully saturated rings. The van der Waals surface area contributed by atoms with Crippen LogP contribution in [0.1, 0.15) is 12.8 Å². The summed E-state index contributed by atoms with van der Waals surface area (Å²) in [5.74, 6) is -3.32. The van der Waals surface area contributed by atoms with Crippen LogP contribution >= 0.6 is 0 Å². The van der Waals surface area contributed by atoms with Crippen molar-refractivity contribution < 1.29 is 28.8 Å². The van der Waals surface area contributed by atoms with Gasteiger partial charge in [-0.15, -0.1) is 0 Å². The molecule has 6 amide bonds. The number of nitrogens with one attached hydrogen (secondary N) is 2. The normalized spacial score (nSPS) is 18.9. The Bertz CT molecular complexity index is 490. The predicted molar refractivity (Wildman–Crippen MR) is 68.7 cm³/mol. The largest absolute Gasteiger partial charge is 0.324 e. The number of hydrogen-bond donors (Lipinski definition) is 2. The van der Waals surface area contributed by atoms with E-state index in [1.54, 1.807) is 0 Å². The second-order valence-electron chi connectivity index (χ2n) is 4.94. The summed E-state index contributed by atoms with van der Waals surface area (Å²) in [6, 6.07) is 0. The zero-order chi connectivity index (χ0) is 16.3. The molecule has 2 N–H and O–H groups in total. The van der Waals surface area contributed by atoms with Gasteiger partial charge in [0.25, 0.3) is 0 Å². The highest BCUT2D eigenvalue weighted by Crippen LogP contribution is 2.05. The van der Waals surface area contributed by atoms with E-state index in [1.165, 1.54) is 0 Å². The number of carbonyl (C=O) groups excluding carboxylic acids is 6. The number of nitrogens with zero attached hydrogens (tertiary/aromatic N) is 2. The van der Waals surface area contributed by atoms with Crippen LogP contribution in [0.4, 0.5) is 0 Å². The number of piperazine rings is 2. The molecule has 22 heavy (non-hydrogen) atoms. The Morgan fingerprint density at radius 1 is 0.682 bits per heavy atom. The molecule has 0 radical (unpaired) electrons. The summed E-state index contributed by atoms with van der Waals surface area (Å²) in [7, 11) is 0. The predicted octanol–water partition coefficient (Wildman–Crippen LogP) is -3.26. The minimum Gasteiger partial charge on any atom is -0.324 e. The van der Waals surface area contributed by atoms with Crippen LogP contribution in [0.15, 0.2) is 0 Å². The van der Waals surface area contributed by atoms with Crippen molar-refractivity contribution in [3.05, 3.63) is 0 Å². The van der Waals surface area contributed by atoms with E-state index in [0.29, 0.717) is 0 Å². The highest BCUT2D eigenvalue weighted by atomic mass is 16.2. The van der Waals surface area contributed by atoms with Crippen molar-refractivity contribution in [2.45, 2.75) is 12.8 Å². The summed E-state index contributed by atoms with van der Waals surface area (Å²) in [5.41, 5.74) is 0. The lowest BCUT2D eigenvalue weighted by Crippen LogP contribution is -2.54. The average Bonchev–Trinajstić information content (AvgIpc) is 2.42. The Labute approximate surface area is 124 Å². The smallest absolute Gasteiger partial charge is 0.246 e. The Hall–Kier alpha value is -2.78. The number of amides is 6. The molecule has 2 aliphatic rings. The van der Waals surface area contributed by atoms with Crippen molar-refractivity contribution in [2.24, 2.45) is 0 Å². The molecular formula is C12H14N4O6. The third-order valence-electron chi connectivity index (χ3n) is 3.15. The van der Waals surface area contributed by atoms with Gasteiger partial charge in [-0.05, 0) is 0 Å². The summed E-state index contributed by atoms with van der Waals surface area (Å²) in [6.45, 7) is -0.931. The number of imide groups is 2. The fraction of sp³-hybridized carbons (Fsp3) is 0.500. The van der Waals surface area contributed by atoms with Gasteiger partial charge in [-0.25, -0.2) is 0 Å². The first-order chi connectivity index (χ1) is 10.3. The van der Waals surface area contributed by atoms with Gasteiger partial charge in [-0.1, -0.05) is 0 Å².